The first kappa shape index (κ1) is 10.5. The zero-order valence-electron chi connectivity index (χ0n) is 9.31. The largest absolute Gasteiger partial charge is 0.308 e. The van der Waals surface area contributed by atoms with Gasteiger partial charge >= 0.3 is 0 Å². The van der Waals surface area contributed by atoms with E-state index in [9.17, 15) is 0 Å². The molecule has 0 saturated heterocycles. The highest BCUT2D eigenvalue weighted by atomic mass is 32.1. The summed E-state index contributed by atoms with van der Waals surface area (Å²) in [4.78, 5) is 0. The predicted molar refractivity (Wildman–Crippen MR) is 71.0 cm³/mol. The molecule has 3 aromatic rings. The Morgan fingerprint density at radius 3 is 3.06 bits per heavy atom. The molecular weight excluding hydrogens is 230 g/mol. The normalized spacial score (nSPS) is 11.1. The Kier molecular flexibility index (Phi) is 2.90. The maximum Gasteiger partial charge on any atom is 0.0532 e. The van der Waals surface area contributed by atoms with E-state index >= 15 is 0 Å². The van der Waals surface area contributed by atoms with Crippen molar-refractivity contribution < 1.29 is 0 Å². The number of H-pyrrole nitrogens is 1. The van der Waals surface area contributed by atoms with Crippen LogP contribution in [0.3, 0.4) is 0 Å². The van der Waals surface area contributed by atoms with Crippen molar-refractivity contribution in [2.75, 3.05) is 0 Å². The smallest absolute Gasteiger partial charge is 0.0532 e. The van der Waals surface area contributed by atoms with E-state index in [4.69, 9.17) is 0 Å². The number of aromatic amines is 1. The first-order valence-corrected chi connectivity index (χ1v) is 6.45. The number of benzene rings is 1. The maximum absolute atomic E-state index is 3.92. The lowest BCUT2D eigenvalue weighted by atomic mass is 10.2. The SMILES string of the molecule is c1ccc2c(CNCc3cn[nH]c3)csc2c1. The molecule has 0 spiro atoms. The molecule has 0 unspecified atom stereocenters. The molecule has 0 atom stereocenters. The molecular formula is C13H13N3S. The number of hydrogen-bond acceptors (Lipinski definition) is 3. The molecule has 2 heterocycles. The predicted octanol–water partition coefficient (Wildman–Crippen LogP) is 2.91. The van der Waals surface area contributed by atoms with E-state index in [0.717, 1.165) is 13.1 Å². The molecule has 4 heteroatoms. The van der Waals surface area contributed by atoms with Crippen molar-refractivity contribution in [3.05, 3.63) is 53.2 Å². The van der Waals surface area contributed by atoms with Crippen LogP contribution in [0.5, 0.6) is 0 Å². The molecule has 2 N–H and O–H groups in total. The van der Waals surface area contributed by atoms with Crippen molar-refractivity contribution in [3.63, 3.8) is 0 Å². The van der Waals surface area contributed by atoms with Crippen molar-refractivity contribution >= 4 is 21.4 Å². The molecule has 3 nitrogen and oxygen atoms in total. The maximum atomic E-state index is 3.92. The van der Waals surface area contributed by atoms with Gasteiger partial charge in [-0.05, 0) is 22.4 Å². The fourth-order valence-corrected chi connectivity index (χ4v) is 2.85. The summed E-state index contributed by atoms with van der Waals surface area (Å²) in [5.41, 5.74) is 2.55. The van der Waals surface area contributed by atoms with Gasteiger partial charge in [0.25, 0.3) is 0 Å². The molecule has 0 bridgehead atoms. The number of nitrogens with one attached hydrogen (secondary N) is 2. The van der Waals surface area contributed by atoms with E-state index in [2.05, 4.69) is 45.2 Å². The number of rotatable bonds is 4. The van der Waals surface area contributed by atoms with Gasteiger partial charge in [0.2, 0.25) is 0 Å². The van der Waals surface area contributed by atoms with Gasteiger partial charge in [0.05, 0.1) is 6.20 Å². The molecule has 0 aliphatic heterocycles. The molecule has 1 aromatic carbocycles. The standard InChI is InChI=1S/C13H13N3S/c1-2-4-13-12(3-1)11(9-17-13)8-14-5-10-6-15-16-7-10/h1-4,6-7,9,14H,5,8H2,(H,15,16). The van der Waals surface area contributed by atoms with Gasteiger partial charge < -0.3 is 5.32 Å². The van der Waals surface area contributed by atoms with E-state index in [0.29, 0.717) is 0 Å². The fourth-order valence-electron chi connectivity index (χ4n) is 1.89. The Hall–Kier alpha value is -1.65. The second-order valence-electron chi connectivity index (χ2n) is 3.97. The van der Waals surface area contributed by atoms with Crippen LogP contribution in [0.1, 0.15) is 11.1 Å². The van der Waals surface area contributed by atoms with Crippen LogP contribution in [0.2, 0.25) is 0 Å². The number of aromatic nitrogens is 2. The Balaban J connectivity index is 1.69. The molecule has 17 heavy (non-hydrogen) atoms. The monoisotopic (exact) mass is 243 g/mol. The van der Waals surface area contributed by atoms with Gasteiger partial charge in [0.15, 0.2) is 0 Å². The second-order valence-corrected chi connectivity index (χ2v) is 4.88. The van der Waals surface area contributed by atoms with Crippen LogP contribution in [-0.4, -0.2) is 10.2 Å². The second kappa shape index (κ2) is 4.69. The Bertz CT molecular complexity index is 598. The van der Waals surface area contributed by atoms with E-state index in [1.807, 2.05) is 12.4 Å². The summed E-state index contributed by atoms with van der Waals surface area (Å²) in [7, 11) is 0. The van der Waals surface area contributed by atoms with Crippen molar-refractivity contribution in [1.29, 1.82) is 0 Å². The van der Waals surface area contributed by atoms with E-state index in [1.54, 1.807) is 11.3 Å². The highest BCUT2D eigenvalue weighted by molar-refractivity contribution is 7.17. The van der Waals surface area contributed by atoms with Gasteiger partial charge in [-0.25, -0.2) is 0 Å². The summed E-state index contributed by atoms with van der Waals surface area (Å²) in [6, 6.07) is 8.52. The van der Waals surface area contributed by atoms with Gasteiger partial charge in [0, 0.05) is 29.5 Å². The summed E-state index contributed by atoms with van der Waals surface area (Å²) < 4.78 is 1.35. The van der Waals surface area contributed by atoms with Gasteiger partial charge in [-0.1, -0.05) is 18.2 Å². The van der Waals surface area contributed by atoms with E-state index in [1.165, 1.54) is 21.2 Å². The first-order chi connectivity index (χ1) is 8.43. The lowest BCUT2D eigenvalue weighted by molar-refractivity contribution is 0.698. The van der Waals surface area contributed by atoms with Crippen molar-refractivity contribution in [2.24, 2.45) is 0 Å². The highest BCUT2D eigenvalue weighted by Crippen LogP contribution is 2.25. The number of thiophene rings is 1. The average molecular weight is 243 g/mol. The topological polar surface area (TPSA) is 40.7 Å². The van der Waals surface area contributed by atoms with Crippen molar-refractivity contribution in [1.82, 2.24) is 15.5 Å². The van der Waals surface area contributed by atoms with Crippen molar-refractivity contribution in [2.45, 2.75) is 13.1 Å². The van der Waals surface area contributed by atoms with E-state index in [-0.39, 0.29) is 0 Å². The minimum Gasteiger partial charge on any atom is -0.308 e. The summed E-state index contributed by atoms with van der Waals surface area (Å²) in [5, 5.41) is 13.8. The summed E-state index contributed by atoms with van der Waals surface area (Å²) >= 11 is 1.80. The van der Waals surface area contributed by atoms with Crippen LogP contribution in [-0.2, 0) is 13.1 Å². The van der Waals surface area contributed by atoms with E-state index < -0.39 is 0 Å². The average Bonchev–Trinajstić information content (AvgIpc) is 2.99. The third kappa shape index (κ3) is 2.23. The van der Waals surface area contributed by atoms with Crippen molar-refractivity contribution in [3.8, 4) is 0 Å². The lowest BCUT2D eigenvalue weighted by Gasteiger charge is -2.01. The molecule has 3 rings (SSSR count). The fraction of sp³-hybridized carbons (Fsp3) is 0.154. The van der Waals surface area contributed by atoms with Crippen LogP contribution < -0.4 is 5.32 Å². The molecule has 0 saturated carbocycles. The minimum absolute atomic E-state index is 0.848. The first-order valence-electron chi connectivity index (χ1n) is 5.57. The highest BCUT2D eigenvalue weighted by Gasteiger charge is 2.02. The van der Waals surface area contributed by atoms with Gasteiger partial charge in [-0.15, -0.1) is 11.3 Å². The zero-order chi connectivity index (χ0) is 11.5. The summed E-state index contributed by atoms with van der Waals surface area (Å²) in [5.74, 6) is 0. The molecule has 0 aliphatic carbocycles. The molecule has 0 amide bonds. The number of hydrogen-bond donors (Lipinski definition) is 2. The Labute approximate surface area is 103 Å². The molecule has 86 valence electrons. The van der Waals surface area contributed by atoms with Gasteiger partial charge in [-0.3, -0.25) is 5.10 Å². The van der Waals surface area contributed by atoms with Crippen LogP contribution in [0.4, 0.5) is 0 Å². The summed E-state index contributed by atoms with van der Waals surface area (Å²) in [6.07, 6.45) is 3.76. The van der Waals surface area contributed by atoms with Crippen LogP contribution >= 0.6 is 11.3 Å². The Morgan fingerprint density at radius 2 is 2.18 bits per heavy atom. The number of nitrogens with zero attached hydrogens (tertiary/aromatic N) is 1. The van der Waals surface area contributed by atoms with Gasteiger partial charge in [0.1, 0.15) is 0 Å². The summed E-state index contributed by atoms with van der Waals surface area (Å²) in [6.45, 7) is 1.75. The third-order valence-corrected chi connectivity index (χ3v) is 3.77. The minimum atomic E-state index is 0.848. The van der Waals surface area contributed by atoms with Crippen LogP contribution in [0.15, 0.2) is 42.0 Å². The Morgan fingerprint density at radius 1 is 1.24 bits per heavy atom. The molecule has 0 aliphatic rings. The molecule has 0 radical (unpaired) electrons. The van der Waals surface area contributed by atoms with Gasteiger partial charge in [-0.2, -0.15) is 5.10 Å². The van der Waals surface area contributed by atoms with Crippen LogP contribution in [0.25, 0.3) is 10.1 Å². The zero-order valence-corrected chi connectivity index (χ0v) is 10.1. The van der Waals surface area contributed by atoms with Crippen LogP contribution in [0, 0.1) is 0 Å². The third-order valence-electron chi connectivity index (χ3n) is 2.76. The lowest BCUT2D eigenvalue weighted by Crippen LogP contribution is -2.11. The quantitative estimate of drug-likeness (QED) is 0.739. The number of fused-ring (bicyclic) bond motifs is 1. The molecule has 0 fully saturated rings. The molecule has 2 aromatic heterocycles.